The van der Waals surface area contributed by atoms with Gasteiger partial charge >= 0.3 is 0 Å². The first kappa shape index (κ1) is 9.42. The second kappa shape index (κ2) is 5.06. The van der Waals surface area contributed by atoms with E-state index in [1.54, 1.807) is 7.11 Å². The SMILES string of the molecule is COc1ccccc1CNCS. The highest BCUT2D eigenvalue weighted by molar-refractivity contribution is 7.80. The lowest BCUT2D eigenvalue weighted by molar-refractivity contribution is 0.408. The molecule has 1 N–H and O–H groups in total. The van der Waals surface area contributed by atoms with Crippen LogP contribution in [0.2, 0.25) is 0 Å². The minimum atomic E-state index is 0.679. The molecule has 0 spiro atoms. The molecule has 0 aliphatic rings. The zero-order valence-corrected chi connectivity index (χ0v) is 7.97. The summed E-state index contributed by atoms with van der Waals surface area (Å²) in [5.74, 6) is 1.60. The minimum absolute atomic E-state index is 0.679. The summed E-state index contributed by atoms with van der Waals surface area (Å²) < 4.78 is 5.18. The Bertz CT molecular complexity index is 240. The maximum absolute atomic E-state index is 5.18. The van der Waals surface area contributed by atoms with Crippen LogP contribution in [0, 0.1) is 0 Å². The monoisotopic (exact) mass is 183 g/mol. The van der Waals surface area contributed by atoms with Crippen LogP contribution < -0.4 is 10.1 Å². The zero-order valence-electron chi connectivity index (χ0n) is 7.08. The van der Waals surface area contributed by atoms with Crippen molar-refractivity contribution >= 4 is 12.6 Å². The molecule has 0 aliphatic carbocycles. The Kier molecular flexibility index (Phi) is 3.97. The number of methoxy groups -OCH3 is 1. The molecule has 0 aromatic heterocycles. The van der Waals surface area contributed by atoms with Gasteiger partial charge in [0, 0.05) is 18.0 Å². The highest BCUT2D eigenvalue weighted by Gasteiger charge is 1.98. The molecule has 0 saturated heterocycles. The summed E-state index contributed by atoms with van der Waals surface area (Å²) in [5, 5.41) is 3.12. The number of hydrogen-bond donors (Lipinski definition) is 2. The van der Waals surface area contributed by atoms with Crippen LogP contribution in [0.4, 0.5) is 0 Å². The van der Waals surface area contributed by atoms with Crippen LogP contribution in [0.1, 0.15) is 5.56 Å². The van der Waals surface area contributed by atoms with Gasteiger partial charge in [-0.3, -0.25) is 0 Å². The third-order valence-corrected chi connectivity index (χ3v) is 1.84. The molecule has 0 radical (unpaired) electrons. The first-order valence-corrected chi connectivity index (χ1v) is 4.45. The van der Waals surface area contributed by atoms with Crippen LogP contribution >= 0.6 is 12.6 Å². The third-order valence-electron chi connectivity index (χ3n) is 1.62. The topological polar surface area (TPSA) is 21.3 Å². The zero-order chi connectivity index (χ0) is 8.81. The lowest BCUT2D eigenvalue weighted by atomic mass is 10.2. The van der Waals surface area contributed by atoms with Crippen molar-refractivity contribution in [2.24, 2.45) is 0 Å². The Morgan fingerprint density at radius 1 is 1.42 bits per heavy atom. The molecular formula is C9H13NOS. The number of para-hydroxylation sites is 1. The van der Waals surface area contributed by atoms with Gasteiger partial charge in [-0.2, -0.15) is 12.6 Å². The minimum Gasteiger partial charge on any atom is -0.496 e. The highest BCUT2D eigenvalue weighted by atomic mass is 32.1. The molecule has 1 rings (SSSR count). The van der Waals surface area contributed by atoms with Crippen molar-refractivity contribution in [2.45, 2.75) is 6.54 Å². The maximum Gasteiger partial charge on any atom is 0.123 e. The normalized spacial score (nSPS) is 9.83. The molecule has 66 valence electrons. The van der Waals surface area contributed by atoms with Gasteiger partial charge in [0.2, 0.25) is 0 Å². The van der Waals surface area contributed by atoms with Gasteiger partial charge in [0.15, 0.2) is 0 Å². The van der Waals surface area contributed by atoms with Gasteiger partial charge in [-0.15, -0.1) is 0 Å². The van der Waals surface area contributed by atoms with Crippen LogP contribution in [-0.4, -0.2) is 13.0 Å². The highest BCUT2D eigenvalue weighted by Crippen LogP contribution is 2.16. The van der Waals surface area contributed by atoms with Crippen molar-refractivity contribution in [2.75, 3.05) is 13.0 Å². The molecule has 0 atom stereocenters. The number of rotatable bonds is 4. The molecule has 0 amide bonds. The summed E-state index contributed by atoms with van der Waals surface area (Å²) in [6.07, 6.45) is 0. The molecule has 2 nitrogen and oxygen atoms in total. The average Bonchev–Trinajstić information content (AvgIpc) is 2.15. The Balaban J connectivity index is 2.68. The molecule has 0 saturated carbocycles. The van der Waals surface area contributed by atoms with Gasteiger partial charge in [0.1, 0.15) is 5.75 Å². The maximum atomic E-state index is 5.18. The standard InChI is InChI=1S/C9H13NOS/c1-11-9-5-3-2-4-8(9)6-10-7-12/h2-5,10,12H,6-7H2,1H3. The van der Waals surface area contributed by atoms with Crippen LogP contribution in [0.5, 0.6) is 5.75 Å². The van der Waals surface area contributed by atoms with Gasteiger partial charge in [-0.1, -0.05) is 18.2 Å². The van der Waals surface area contributed by atoms with E-state index < -0.39 is 0 Å². The van der Waals surface area contributed by atoms with E-state index in [-0.39, 0.29) is 0 Å². The van der Waals surface area contributed by atoms with E-state index in [9.17, 15) is 0 Å². The summed E-state index contributed by atoms with van der Waals surface area (Å²) >= 11 is 4.06. The second-order valence-corrected chi connectivity index (χ2v) is 2.71. The largest absolute Gasteiger partial charge is 0.496 e. The van der Waals surface area contributed by atoms with E-state index >= 15 is 0 Å². The third kappa shape index (κ3) is 2.43. The summed E-state index contributed by atoms with van der Waals surface area (Å²) in [6.45, 7) is 0.799. The first-order chi connectivity index (χ1) is 5.88. The number of ether oxygens (including phenoxy) is 1. The Morgan fingerprint density at radius 2 is 2.17 bits per heavy atom. The molecular weight excluding hydrogens is 170 g/mol. The van der Waals surface area contributed by atoms with Gasteiger partial charge < -0.3 is 10.1 Å². The molecule has 0 aliphatic heterocycles. The first-order valence-electron chi connectivity index (χ1n) is 3.82. The summed E-state index contributed by atoms with van der Waals surface area (Å²) in [7, 11) is 1.68. The van der Waals surface area contributed by atoms with Crippen LogP contribution in [0.25, 0.3) is 0 Å². The predicted molar refractivity (Wildman–Crippen MR) is 53.7 cm³/mol. The van der Waals surface area contributed by atoms with Gasteiger partial charge in [-0.25, -0.2) is 0 Å². The Hall–Kier alpha value is -0.670. The quantitative estimate of drug-likeness (QED) is 0.547. The van der Waals surface area contributed by atoms with Crippen LogP contribution in [0.3, 0.4) is 0 Å². The Morgan fingerprint density at radius 3 is 2.83 bits per heavy atom. The van der Waals surface area contributed by atoms with E-state index in [1.807, 2.05) is 24.3 Å². The number of thiol groups is 1. The summed E-state index contributed by atoms with van der Waals surface area (Å²) in [5.41, 5.74) is 1.16. The smallest absolute Gasteiger partial charge is 0.123 e. The summed E-state index contributed by atoms with van der Waals surface area (Å²) in [6, 6.07) is 7.95. The van der Waals surface area contributed by atoms with Crippen molar-refractivity contribution in [3.05, 3.63) is 29.8 Å². The fraction of sp³-hybridized carbons (Fsp3) is 0.333. The number of benzene rings is 1. The molecule has 0 fully saturated rings. The van der Waals surface area contributed by atoms with E-state index in [0.29, 0.717) is 5.88 Å². The summed E-state index contributed by atoms with van der Waals surface area (Å²) in [4.78, 5) is 0. The van der Waals surface area contributed by atoms with Crippen molar-refractivity contribution in [3.8, 4) is 5.75 Å². The lowest BCUT2D eigenvalue weighted by Crippen LogP contribution is -2.10. The van der Waals surface area contributed by atoms with E-state index in [4.69, 9.17) is 4.74 Å². The lowest BCUT2D eigenvalue weighted by Gasteiger charge is -2.07. The Labute approximate surface area is 78.3 Å². The molecule has 0 heterocycles. The molecule has 1 aromatic rings. The molecule has 12 heavy (non-hydrogen) atoms. The van der Waals surface area contributed by atoms with Gasteiger partial charge in [0.25, 0.3) is 0 Å². The fourth-order valence-electron chi connectivity index (χ4n) is 1.04. The average molecular weight is 183 g/mol. The number of hydrogen-bond acceptors (Lipinski definition) is 3. The van der Waals surface area contributed by atoms with Crippen LogP contribution in [-0.2, 0) is 6.54 Å². The molecule has 0 unspecified atom stereocenters. The fourth-order valence-corrected chi connectivity index (χ4v) is 1.15. The second-order valence-electron chi connectivity index (χ2n) is 2.40. The van der Waals surface area contributed by atoms with Gasteiger partial charge in [-0.05, 0) is 6.07 Å². The van der Waals surface area contributed by atoms with E-state index in [0.717, 1.165) is 17.9 Å². The molecule has 3 heteroatoms. The van der Waals surface area contributed by atoms with Crippen molar-refractivity contribution in [1.82, 2.24) is 5.32 Å². The van der Waals surface area contributed by atoms with Crippen molar-refractivity contribution in [1.29, 1.82) is 0 Å². The van der Waals surface area contributed by atoms with Crippen molar-refractivity contribution in [3.63, 3.8) is 0 Å². The van der Waals surface area contributed by atoms with Gasteiger partial charge in [0.05, 0.1) is 7.11 Å². The molecule has 0 bridgehead atoms. The van der Waals surface area contributed by atoms with Crippen LogP contribution in [0.15, 0.2) is 24.3 Å². The van der Waals surface area contributed by atoms with E-state index in [2.05, 4.69) is 17.9 Å². The molecule has 1 aromatic carbocycles. The predicted octanol–water partition coefficient (Wildman–Crippen LogP) is 1.67. The van der Waals surface area contributed by atoms with Crippen molar-refractivity contribution < 1.29 is 4.74 Å². The van der Waals surface area contributed by atoms with E-state index in [1.165, 1.54) is 0 Å². The number of nitrogens with one attached hydrogen (secondary N) is 1.